The number of nitrogens with one attached hydrogen (secondary N) is 3. The monoisotopic (exact) mass is 394 g/mol. The first kappa shape index (κ1) is 19.3. The summed E-state index contributed by atoms with van der Waals surface area (Å²) in [5.74, 6) is -1.79. The molecule has 1 aromatic heterocycles. The summed E-state index contributed by atoms with van der Waals surface area (Å²) in [6, 6.07) is 14.1. The van der Waals surface area contributed by atoms with Crippen molar-refractivity contribution in [3.8, 4) is 0 Å². The third-order valence-corrected chi connectivity index (χ3v) is 3.79. The minimum atomic E-state index is -0.671. The highest BCUT2D eigenvalue weighted by molar-refractivity contribution is 6.08. The van der Waals surface area contributed by atoms with Crippen molar-refractivity contribution in [2.24, 2.45) is 0 Å². The number of hydrogen-bond donors (Lipinski definition) is 3. The Balaban J connectivity index is 1.65. The molecule has 0 radical (unpaired) electrons. The number of anilines is 1. The number of furan rings is 1. The molecule has 3 N–H and O–H groups in total. The van der Waals surface area contributed by atoms with E-state index >= 15 is 0 Å². The van der Waals surface area contributed by atoms with Crippen LogP contribution in [0.1, 0.15) is 31.3 Å². The third kappa shape index (κ3) is 4.63. The van der Waals surface area contributed by atoms with Crippen molar-refractivity contribution >= 4 is 29.1 Å². The molecular weight excluding hydrogens is 380 g/mol. The van der Waals surface area contributed by atoms with E-state index in [0.717, 1.165) is 0 Å². The second-order valence-corrected chi connectivity index (χ2v) is 5.69. The van der Waals surface area contributed by atoms with Gasteiger partial charge in [0.2, 0.25) is 0 Å². The fourth-order valence-corrected chi connectivity index (χ4v) is 2.37. The zero-order valence-electron chi connectivity index (χ0n) is 14.7. The Morgan fingerprint density at radius 2 is 1.52 bits per heavy atom. The number of benzene rings is 2. The van der Waals surface area contributed by atoms with Crippen LogP contribution in [0, 0.1) is 10.1 Å². The highest BCUT2D eigenvalue weighted by atomic mass is 16.6. The van der Waals surface area contributed by atoms with E-state index in [1.54, 1.807) is 18.2 Å². The fourth-order valence-electron chi connectivity index (χ4n) is 2.37. The number of non-ortho nitro benzene ring substituents is 1. The summed E-state index contributed by atoms with van der Waals surface area (Å²) < 4.78 is 5.01. The van der Waals surface area contributed by atoms with Crippen molar-refractivity contribution in [1.29, 1.82) is 0 Å². The largest absolute Gasteiger partial charge is 0.459 e. The summed E-state index contributed by atoms with van der Waals surface area (Å²) in [7, 11) is 0. The van der Waals surface area contributed by atoms with E-state index in [1.807, 2.05) is 0 Å². The lowest BCUT2D eigenvalue weighted by molar-refractivity contribution is -0.384. The van der Waals surface area contributed by atoms with Crippen LogP contribution in [0.3, 0.4) is 0 Å². The Bertz CT molecular complexity index is 1060. The van der Waals surface area contributed by atoms with Crippen molar-refractivity contribution in [3.05, 3.63) is 93.9 Å². The molecular formula is C19H14N4O6. The third-order valence-electron chi connectivity index (χ3n) is 3.79. The number of carbonyl (C=O) groups is 3. The van der Waals surface area contributed by atoms with Gasteiger partial charge in [-0.15, -0.1) is 0 Å². The molecule has 0 saturated heterocycles. The quantitative estimate of drug-likeness (QED) is 0.448. The number of rotatable bonds is 5. The lowest BCUT2D eigenvalue weighted by Crippen LogP contribution is -2.41. The van der Waals surface area contributed by atoms with Crippen LogP contribution in [0.15, 0.2) is 71.3 Å². The second kappa shape index (κ2) is 8.48. The number of nitrogens with zero attached hydrogens (tertiary/aromatic N) is 1. The van der Waals surface area contributed by atoms with Crippen molar-refractivity contribution < 1.29 is 23.7 Å². The van der Waals surface area contributed by atoms with Gasteiger partial charge in [-0.3, -0.25) is 35.3 Å². The molecule has 3 aromatic rings. The summed E-state index contributed by atoms with van der Waals surface area (Å²) in [6.07, 6.45) is 1.35. The van der Waals surface area contributed by atoms with Crippen LogP contribution in [0.5, 0.6) is 0 Å². The standard InChI is InChI=1S/C19H14N4O6/c24-17(12-7-9-13(10-8-12)23(27)28)21-22-18(25)14-4-1-2-5-15(14)20-19(26)16-6-3-11-29-16/h1-11H,(H,20,26)(H,21,24)(H,22,25). The summed E-state index contributed by atoms with van der Waals surface area (Å²) in [5, 5.41) is 13.2. The van der Waals surface area contributed by atoms with Gasteiger partial charge in [-0.05, 0) is 36.4 Å². The number of para-hydroxylation sites is 1. The van der Waals surface area contributed by atoms with Gasteiger partial charge in [-0.2, -0.15) is 0 Å². The van der Waals surface area contributed by atoms with Crippen LogP contribution in [0.4, 0.5) is 11.4 Å². The number of amides is 3. The maximum Gasteiger partial charge on any atom is 0.291 e. The van der Waals surface area contributed by atoms with Crippen LogP contribution < -0.4 is 16.2 Å². The van der Waals surface area contributed by atoms with Gasteiger partial charge in [0.05, 0.1) is 22.4 Å². The summed E-state index contributed by atoms with van der Waals surface area (Å²) in [5.41, 5.74) is 4.74. The molecule has 0 aliphatic heterocycles. The SMILES string of the molecule is O=C(NNC(=O)c1ccccc1NC(=O)c1ccco1)c1ccc([N+](=O)[O-])cc1. The molecule has 0 aliphatic carbocycles. The summed E-state index contributed by atoms with van der Waals surface area (Å²) in [4.78, 5) is 46.7. The molecule has 0 unspecified atom stereocenters. The minimum Gasteiger partial charge on any atom is -0.459 e. The average molecular weight is 394 g/mol. The van der Waals surface area contributed by atoms with Crippen molar-refractivity contribution in [3.63, 3.8) is 0 Å². The summed E-state index contributed by atoms with van der Waals surface area (Å²) in [6.45, 7) is 0. The van der Waals surface area contributed by atoms with E-state index in [9.17, 15) is 24.5 Å². The highest BCUT2D eigenvalue weighted by Crippen LogP contribution is 2.16. The molecule has 10 heteroatoms. The number of nitro benzene ring substituents is 1. The Labute approximate surface area is 163 Å². The first-order valence-electron chi connectivity index (χ1n) is 8.25. The molecule has 29 heavy (non-hydrogen) atoms. The first-order valence-corrected chi connectivity index (χ1v) is 8.25. The zero-order chi connectivity index (χ0) is 20.8. The van der Waals surface area contributed by atoms with Crippen molar-refractivity contribution in [2.45, 2.75) is 0 Å². The molecule has 146 valence electrons. The molecule has 2 aromatic carbocycles. The molecule has 3 amide bonds. The number of nitro groups is 1. The number of hydrogen-bond acceptors (Lipinski definition) is 6. The molecule has 0 fully saturated rings. The second-order valence-electron chi connectivity index (χ2n) is 5.69. The minimum absolute atomic E-state index is 0.0756. The van der Waals surface area contributed by atoms with Crippen molar-refractivity contribution in [2.75, 3.05) is 5.32 Å². The molecule has 3 rings (SSSR count). The molecule has 0 aliphatic rings. The molecule has 10 nitrogen and oxygen atoms in total. The van der Waals surface area contributed by atoms with E-state index in [-0.39, 0.29) is 28.3 Å². The van der Waals surface area contributed by atoms with Gasteiger partial charge in [0.1, 0.15) is 0 Å². The Morgan fingerprint density at radius 1 is 0.828 bits per heavy atom. The van der Waals surface area contributed by atoms with Crippen LogP contribution >= 0.6 is 0 Å². The lowest BCUT2D eigenvalue weighted by Gasteiger charge is -2.11. The van der Waals surface area contributed by atoms with Crippen LogP contribution in [-0.4, -0.2) is 22.6 Å². The van der Waals surface area contributed by atoms with E-state index in [2.05, 4.69) is 16.2 Å². The smallest absolute Gasteiger partial charge is 0.291 e. The number of hydrazine groups is 1. The topological polar surface area (TPSA) is 144 Å². The van der Waals surface area contributed by atoms with Gasteiger partial charge in [0, 0.05) is 17.7 Å². The molecule has 0 atom stereocenters. The average Bonchev–Trinajstić information content (AvgIpc) is 3.27. The van der Waals surface area contributed by atoms with E-state index in [0.29, 0.717) is 0 Å². The molecule has 1 heterocycles. The lowest BCUT2D eigenvalue weighted by atomic mass is 10.1. The van der Waals surface area contributed by atoms with Gasteiger partial charge in [0.25, 0.3) is 23.4 Å². The van der Waals surface area contributed by atoms with E-state index in [1.165, 1.54) is 48.7 Å². The Hall–Kier alpha value is -4.47. The van der Waals surface area contributed by atoms with Crippen LogP contribution in [-0.2, 0) is 0 Å². The highest BCUT2D eigenvalue weighted by Gasteiger charge is 2.16. The van der Waals surface area contributed by atoms with Gasteiger partial charge in [0.15, 0.2) is 5.76 Å². The van der Waals surface area contributed by atoms with Crippen LogP contribution in [0.2, 0.25) is 0 Å². The van der Waals surface area contributed by atoms with Crippen LogP contribution in [0.25, 0.3) is 0 Å². The number of carbonyl (C=O) groups excluding carboxylic acids is 3. The Morgan fingerprint density at radius 3 is 2.17 bits per heavy atom. The molecule has 0 spiro atoms. The predicted octanol–water partition coefficient (Wildman–Crippen LogP) is 2.51. The molecule has 0 saturated carbocycles. The predicted molar refractivity (Wildman–Crippen MR) is 101 cm³/mol. The molecule has 0 bridgehead atoms. The van der Waals surface area contributed by atoms with E-state index in [4.69, 9.17) is 4.42 Å². The van der Waals surface area contributed by atoms with Gasteiger partial charge < -0.3 is 9.73 Å². The maximum absolute atomic E-state index is 12.4. The normalized spacial score (nSPS) is 10.1. The summed E-state index contributed by atoms with van der Waals surface area (Å²) >= 11 is 0. The zero-order valence-corrected chi connectivity index (χ0v) is 14.7. The maximum atomic E-state index is 12.4. The van der Waals surface area contributed by atoms with E-state index < -0.39 is 22.6 Å². The Kier molecular flexibility index (Phi) is 5.64. The first-order chi connectivity index (χ1) is 14.0. The fraction of sp³-hybridized carbons (Fsp3) is 0. The van der Waals surface area contributed by atoms with Gasteiger partial charge >= 0.3 is 0 Å². The van der Waals surface area contributed by atoms with Gasteiger partial charge in [-0.25, -0.2) is 0 Å². The van der Waals surface area contributed by atoms with Crippen molar-refractivity contribution in [1.82, 2.24) is 10.9 Å². The van der Waals surface area contributed by atoms with Gasteiger partial charge in [-0.1, -0.05) is 12.1 Å².